The van der Waals surface area contributed by atoms with Gasteiger partial charge in [0.05, 0.1) is 6.04 Å². The molecule has 2 heterocycles. The first-order valence-electron chi connectivity index (χ1n) is 22.8. The minimum atomic E-state index is -0.943. The monoisotopic (exact) mass is 947 g/mol. The summed E-state index contributed by atoms with van der Waals surface area (Å²) < 4.78 is 17.0. The van der Waals surface area contributed by atoms with E-state index in [-0.39, 0.29) is 67.3 Å². The van der Waals surface area contributed by atoms with Crippen molar-refractivity contribution in [3.8, 4) is 5.75 Å². The summed E-state index contributed by atoms with van der Waals surface area (Å²) in [7, 11) is 1.93. The Morgan fingerprint density at radius 2 is 1.72 bits per heavy atom. The number of ether oxygens (including phenoxy) is 3. The summed E-state index contributed by atoms with van der Waals surface area (Å²) in [5, 5.41) is 17.9. The van der Waals surface area contributed by atoms with Crippen molar-refractivity contribution in [2.75, 3.05) is 45.5 Å². The molecule has 0 saturated carbocycles. The number of unbranched alkanes of at least 4 members (excludes halogenated alkanes) is 1. The fraction of sp³-hybridized carbons (Fsp3) is 0.674. The fourth-order valence-corrected chi connectivity index (χ4v) is 8.65. The van der Waals surface area contributed by atoms with Crippen LogP contribution in [0.1, 0.15) is 127 Å². The number of carbonyl (C=O) groups is 6. The van der Waals surface area contributed by atoms with E-state index in [0.29, 0.717) is 36.6 Å². The molecule has 1 aliphatic heterocycles. The molecule has 1 aromatic carbocycles. The van der Waals surface area contributed by atoms with Crippen molar-refractivity contribution in [1.29, 1.82) is 0 Å². The van der Waals surface area contributed by atoms with E-state index in [1.165, 1.54) is 30.8 Å². The molecule has 0 radical (unpaired) electrons. The summed E-state index contributed by atoms with van der Waals surface area (Å²) in [4.78, 5) is 88.6. The SMILES string of the molecule is CCCCOCN(C(=O)[C@@H](NC(=O)[C@H]1CCCCN1C)C(C)CC)[C@H](C[C@@H](OC(C)=O)c1nc(C(=O)N[C@@H](Cc2ccc(O)cc2)C[C@H](C)C(=O)NNC(=O)OCCSC)cs1)C(C)C. The molecular formula is C46H73N7O10S2. The molecule has 1 aromatic heterocycles. The number of phenols is 1. The molecule has 1 saturated heterocycles. The van der Waals surface area contributed by atoms with Crippen molar-refractivity contribution in [1.82, 2.24) is 36.3 Å². The topological polar surface area (TPSA) is 218 Å². The Labute approximate surface area is 393 Å². The average molecular weight is 948 g/mol. The Kier molecular flexibility index (Phi) is 24.1. The molecular weight excluding hydrogens is 875 g/mol. The zero-order valence-corrected chi connectivity index (χ0v) is 41.3. The van der Waals surface area contributed by atoms with Gasteiger partial charge in [-0.3, -0.25) is 34.3 Å². The van der Waals surface area contributed by atoms with Crippen molar-refractivity contribution in [3.63, 3.8) is 0 Å². The first-order valence-corrected chi connectivity index (χ1v) is 25.1. The van der Waals surface area contributed by atoms with Crippen LogP contribution in [-0.2, 0) is 39.8 Å². The number of phenolic OH excluding ortho intramolecular Hbond substituents is 1. The normalized spacial score (nSPS) is 16.9. The van der Waals surface area contributed by atoms with E-state index >= 15 is 0 Å². The molecule has 364 valence electrons. The van der Waals surface area contributed by atoms with Gasteiger partial charge in [0.15, 0.2) is 6.10 Å². The predicted octanol–water partition coefficient (Wildman–Crippen LogP) is 5.97. The highest BCUT2D eigenvalue weighted by atomic mass is 32.2. The summed E-state index contributed by atoms with van der Waals surface area (Å²) in [5.41, 5.74) is 5.48. The number of hydrazine groups is 1. The minimum absolute atomic E-state index is 0.0384. The number of likely N-dealkylation sites (tertiary alicyclic amines) is 1. The van der Waals surface area contributed by atoms with Crippen LogP contribution in [0.25, 0.3) is 0 Å². The zero-order valence-electron chi connectivity index (χ0n) is 39.7. The zero-order chi connectivity index (χ0) is 48.1. The number of aromatic hydroxyl groups is 1. The molecule has 1 aliphatic rings. The van der Waals surface area contributed by atoms with Crippen LogP contribution in [0, 0.1) is 17.8 Å². The van der Waals surface area contributed by atoms with E-state index in [4.69, 9.17) is 14.2 Å². The summed E-state index contributed by atoms with van der Waals surface area (Å²) in [5.74, 6) is -2.39. The number of piperidine rings is 1. The lowest BCUT2D eigenvalue weighted by Crippen LogP contribution is -2.59. The quantitative estimate of drug-likeness (QED) is 0.0318. The van der Waals surface area contributed by atoms with Gasteiger partial charge in [0, 0.05) is 49.1 Å². The van der Waals surface area contributed by atoms with Crippen LogP contribution >= 0.6 is 23.1 Å². The average Bonchev–Trinajstić information content (AvgIpc) is 3.77. The van der Waals surface area contributed by atoms with Crippen LogP contribution in [-0.4, -0.2) is 125 Å². The number of aromatic nitrogens is 1. The number of benzene rings is 1. The minimum Gasteiger partial charge on any atom is -0.508 e. The number of nitrogens with one attached hydrogen (secondary N) is 4. The molecule has 1 fully saturated rings. The second-order valence-electron chi connectivity index (χ2n) is 17.2. The second-order valence-corrected chi connectivity index (χ2v) is 19.1. The molecule has 0 bridgehead atoms. The molecule has 0 spiro atoms. The summed E-state index contributed by atoms with van der Waals surface area (Å²) in [6.45, 7) is 14.3. The lowest BCUT2D eigenvalue weighted by atomic mass is 9.92. The molecule has 17 nitrogen and oxygen atoms in total. The fourth-order valence-electron chi connectivity index (χ4n) is 7.56. The van der Waals surface area contributed by atoms with Gasteiger partial charge in [0.1, 0.15) is 35.8 Å². The first kappa shape index (κ1) is 54.9. The third-order valence-electron chi connectivity index (χ3n) is 11.6. The summed E-state index contributed by atoms with van der Waals surface area (Å²) in [6, 6.07) is 4.22. The number of rotatable bonds is 26. The summed E-state index contributed by atoms with van der Waals surface area (Å²) >= 11 is 2.65. The maximum absolute atomic E-state index is 14.9. The lowest BCUT2D eigenvalue weighted by Gasteiger charge is -2.40. The molecule has 65 heavy (non-hydrogen) atoms. The Morgan fingerprint density at radius 3 is 2.35 bits per heavy atom. The molecule has 19 heteroatoms. The highest BCUT2D eigenvalue weighted by Gasteiger charge is 2.39. The van der Waals surface area contributed by atoms with Gasteiger partial charge in [-0.2, -0.15) is 11.8 Å². The second kappa shape index (κ2) is 28.5. The number of thiazole rings is 1. The van der Waals surface area contributed by atoms with E-state index in [1.54, 1.807) is 29.3 Å². The Bertz CT molecular complexity index is 1820. The number of hydrogen-bond acceptors (Lipinski definition) is 14. The molecule has 5 amide bonds. The number of nitrogens with zero attached hydrogens (tertiary/aromatic N) is 3. The van der Waals surface area contributed by atoms with E-state index in [2.05, 4.69) is 33.4 Å². The number of esters is 1. The third-order valence-corrected chi connectivity index (χ3v) is 13.1. The van der Waals surface area contributed by atoms with E-state index < -0.39 is 54.0 Å². The molecule has 0 aliphatic carbocycles. The molecule has 1 unspecified atom stereocenters. The van der Waals surface area contributed by atoms with Crippen LogP contribution in [0.3, 0.4) is 0 Å². The third kappa shape index (κ3) is 18.4. The van der Waals surface area contributed by atoms with Crippen LogP contribution < -0.4 is 21.5 Å². The first-order chi connectivity index (χ1) is 31.0. The largest absolute Gasteiger partial charge is 0.508 e. The van der Waals surface area contributed by atoms with Crippen LogP contribution in [0.15, 0.2) is 29.6 Å². The number of thioether (sulfide) groups is 1. The number of amides is 5. The summed E-state index contributed by atoms with van der Waals surface area (Å²) in [6.07, 6.45) is 5.75. The van der Waals surface area contributed by atoms with Gasteiger partial charge in [-0.1, -0.05) is 72.9 Å². The van der Waals surface area contributed by atoms with Gasteiger partial charge in [-0.15, -0.1) is 11.3 Å². The van der Waals surface area contributed by atoms with Crippen LogP contribution in [0.2, 0.25) is 0 Å². The molecule has 3 rings (SSSR count). The standard InChI is InChI=1S/C46H73N7O10S2/c1-10-12-21-61-28-53(45(59)40(30(5)11-2)49-43(58)37-15-13-14-20-52(37)8)38(29(3)4)26-39(63-32(7)54)44-48-36(27-65-44)42(57)47-34(25-33-16-18-35(55)19-17-33)24-31(6)41(56)50-51-46(60)62-22-23-64-9/h16-19,27,29-31,34,37-40,55H,10-15,20-26,28H2,1-9H3,(H,47,57)(H,49,58)(H,50,56)(H,51,60)/t30?,31-,34+,37+,38+,39+,40-/m0/s1. The lowest BCUT2D eigenvalue weighted by molar-refractivity contribution is -0.153. The maximum atomic E-state index is 14.9. The van der Waals surface area contributed by atoms with Crippen molar-refractivity contribution in [2.24, 2.45) is 17.8 Å². The number of hydrogen-bond donors (Lipinski definition) is 5. The molecule has 7 atom stereocenters. The van der Waals surface area contributed by atoms with E-state index in [1.807, 2.05) is 45.9 Å². The highest BCUT2D eigenvalue weighted by molar-refractivity contribution is 7.98. The van der Waals surface area contributed by atoms with Gasteiger partial charge in [0.25, 0.3) is 5.91 Å². The molecule has 2 aromatic rings. The van der Waals surface area contributed by atoms with E-state index in [0.717, 1.165) is 49.1 Å². The number of likely N-dealkylation sites (N-methyl/N-ethyl adjacent to an activating group) is 1. The Morgan fingerprint density at radius 1 is 1.00 bits per heavy atom. The van der Waals surface area contributed by atoms with Gasteiger partial charge < -0.3 is 34.9 Å². The number of carbonyl (C=O) groups excluding carboxylic acids is 6. The van der Waals surface area contributed by atoms with Gasteiger partial charge in [-0.05, 0) is 81.5 Å². The smallest absolute Gasteiger partial charge is 0.426 e. The Balaban J connectivity index is 1.89. The van der Waals surface area contributed by atoms with Crippen molar-refractivity contribution < 1.29 is 48.1 Å². The Hall–Kier alpha value is -4.46. The van der Waals surface area contributed by atoms with Crippen molar-refractivity contribution >= 4 is 58.8 Å². The highest BCUT2D eigenvalue weighted by Crippen LogP contribution is 2.32. The van der Waals surface area contributed by atoms with Gasteiger partial charge in [0.2, 0.25) is 17.7 Å². The molecule has 5 N–H and O–H groups in total. The van der Waals surface area contributed by atoms with Crippen LogP contribution in [0.5, 0.6) is 5.75 Å². The van der Waals surface area contributed by atoms with Crippen molar-refractivity contribution in [3.05, 3.63) is 45.9 Å². The van der Waals surface area contributed by atoms with E-state index in [9.17, 15) is 33.9 Å². The van der Waals surface area contributed by atoms with Gasteiger partial charge >= 0.3 is 12.1 Å². The van der Waals surface area contributed by atoms with Crippen molar-refractivity contribution in [2.45, 2.75) is 137 Å². The van der Waals surface area contributed by atoms with Crippen LogP contribution in [0.4, 0.5) is 4.79 Å². The van der Waals surface area contributed by atoms with Gasteiger partial charge in [-0.25, -0.2) is 15.2 Å². The predicted molar refractivity (Wildman–Crippen MR) is 252 cm³/mol. The maximum Gasteiger partial charge on any atom is 0.426 e.